The van der Waals surface area contributed by atoms with E-state index in [9.17, 15) is 10.1 Å². The number of allylic oxidation sites excluding steroid dienone is 2. The van der Waals surface area contributed by atoms with Gasteiger partial charge in [0.2, 0.25) is 5.88 Å². The van der Waals surface area contributed by atoms with Gasteiger partial charge in [0, 0.05) is 6.42 Å². The number of hydrogen-bond donors (Lipinski definition) is 1. The van der Waals surface area contributed by atoms with E-state index in [4.69, 9.17) is 15.2 Å². The number of ether oxygens (including phenoxy) is 2. The van der Waals surface area contributed by atoms with Crippen LogP contribution in [0.1, 0.15) is 31.7 Å². The molecular weight excluding hydrogens is 280 g/mol. The molecule has 0 saturated carbocycles. The van der Waals surface area contributed by atoms with Gasteiger partial charge in [-0.05, 0) is 12.5 Å². The molecule has 1 atom stereocenters. The zero-order valence-electron chi connectivity index (χ0n) is 12.6. The number of rotatable bonds is 4. The molecular formula is C17H18N2O3. The summed E-state index contributed by atoms with van der Waals surface area (Å²) in [5, 5.41) is 9.44. The summed E-state index contributed by atoms with van der Waals surface area (Å²) < 4.78 is 10.6. The summed E-state index contributed by atoms with van der Waals surface area (Å²) in [6.45, 7) is 3.85. The largest absolute Gasteiger partial charge is 0.463 e. The first-order valence-electron chi connectivity index (χ1n) is 7.16. The average molecular weight is 298 g/mol. The molecule has 0 amide bonds. The number of esters is 1. The van der Waals surface area contributed by atoms with Gasteiger partial charge in [-0.15, -0.1) is 0 Å². The fourth-order valence-corrected chi connectivity index (χ4v) is 2.49. The Bertz CT molecular complexity index is 669. The van der Waals surface area contributed by atoms with Gasteiger partial charge in [-0.25, -0.2) is 4.79 Å². The lowest BCUT2D eigenvalue weighted by atomic mass is 9.82. The molecule has 0 aromatic heterocycles. The van der Waals surface area contributed by atoms with Gasteiger partial charge in [0.1, 0.15) is 17.4 Å². The van der Waals surface area contributed by atoms with E-state index >= 15 is 0 Å². The van der Waals surface area contributed by atoms with Crippen molar-refractivity contribution in [2.24, 2.45) is 5.73 Å². The van der Waals surface area contributed by atoms with E-state index < -0.39 is 11.9 Å². The topological polar surface area (TPSA) is 85.3 Å². The Balaban J connectivity index is 2.62. The van der Waals surface area contributed by atoms with Crippen molar-refractivity contribution in [1.29, 1.82) is 5.26 Å². The van der Waals surface area contributed by atoms with Crippen LogP contribution in [0.5, 0.6) is 0 Å². The minimum absolute atomic E-state index is 0.0428. The molecule has 2 rings (SSSR count). The summed E-state index contributed by atoms with van der Waals surface area (Å²) in [6, 6.07) is 11.3. The number of benzene rings is 1. The first-order valence-corrected chi connectivity index (χ1v) is 7.16. The number of carbonyl (C=O) groups is 1. The van der Waals surface area contributed by atoms with Crippen LogP contribution >= 0.6 is 0 Å². The van der Waals surface area contributed by atoms with Crippen LogP contribution < -0.4 is 5.73 Å². The summed E-state index contributed by atoms with van der Waals surface area (Å²) in [7, 11) is 0. The standard InChI is InChI=1S/C17H18N2O3/c1-3-13-15(17(20)21-4-2)14(11-8-6-5-7-9-11)12(10-18)16(19)22-13/h5-9,14H,3-4,19H2,1-2H3/t14-/m1/s1. The number of nitrogens with zero attached hydrogens (tertiary/aromatic N) is 1. The second-order valence-corrected chi connectivity index (χ2v) is 4.75. The highest BCUT2D eigenvalue weighted by Crippen LogP contribution is 2.40. The highest BCUT2D eigenvalue weighted by molar-refractivity contribution is 5.92. The fourth-order valence-electron chi connectivity index (χ4n) is 2.49. The summed E-state index contributed by atoms with van der Waals surface area (Å²) >= 11 is 0. The van der Waals surface area contributed by atoms with Crippen LogP contribution in [-0.4, -0.2) is 12.6 Å². The molecule has 5 nitrogen and oxygen atoms in total. The molecule has 0 aliphatic carbocycles. The van der Waals surface area contributed by atoms with Gasteiger partial charge >= 0.3 is 5.97 Å². The first kappa shape index (κ1) is 15.6. The lowest BCUT2D eigenvalue weighted by Gasteiger charge is -2.27. The third-order valence-corrected chi connectivity index (χ3v) is 3.45. The molecule has 0 spiro atoms. The summed E-state index contributed by atoms with van der Waals surface area (Å²) in [6.07, 6.45) is 0.483. The lowest BCUT2D eigenvalue weighted by molar-refractivity contribution is -0.139. The first-order chi connectivity index (χ1) is 10.6. The molecule has 1 heterocycles. The molecule has 22 heavy (non-hydrogen) atoms. The SMILES string of the molecule is CCOC(=O)C1=C(CC)OC(N)=C(C#N)[C@H]1c1ccccc1. The van der Waals surface area contributed by atoms with Crippen molar-refractivity contribution in [3.05, 3.63) is 58.7 Å². The minimum atomic E-state index is -0.561. The Morgan fingerprint density at radius 3 is 2.59 bits per heavy atom. The Hall–Kier alpha value is -2.74. The second kappa shape index (κ2) is 6.81. The maximum Gasteiger partial charge on any atom is 0.338 e. The zero-order valence-corrected chi connectivity index (χ0v) is 12.6. The van der Waals surface area contributed by atoms with Crippen molar-refractivity contribution in [3.63, 3.8) is 0 Å². The van der Waals surface area contributed by atoms with Crippen LogP contribution in [0, 0.1) is 11.3 Å². The van der Waals surface area contributed by atoms with Crippen LogP contribution in [0.4, 0.5) is 0 Å². The van der Waals surface area contributed by atoms with Gasteiger partial charge < -0.3 is 15.2 Å². The summed E-state index contributed by atoms with van der Waals surface area (Å²) in [5.74, 6) is -0.549. The van der Waals surface area contributed by atoms with Crippen LogP contribution in [0.15, 0.2) is 53.1 Å². The Labute approximate surface area is 129 Å². The number of nitriles is 1. The van der Waals surface area contributed by atoms with Gasteiger partial charge in [-0.3, -0.25) is 0 Å². The van der Waals surface area contributed by atoms with Crippen LogP contribution in [0.25, 0.3) is 0 Å². The van der Waals surface area contributed by atoms with Crippen LogP contribution in [0.2, 0.25) is 0 Å². The molecule has 1 aromatic rings. The third kappa shape index (κ3) is 2.82. The van der Waals surface area contributed by atoms with Crippen molar-refractivity contribution >= 4 is 5.97 Å². The zero-order chi connectivity index (χ0) is 16.1. The van der Waals surface area contributed by atoms with Gasteiger partial charge in [-0.1, -0.05) is 37.3 Å². The smallest absolute Gasteiger partial charge is 0.338 e. The summed E-state index contributed by atoms with van der Waals surface area (Å²) in [4.78, 5) is 12.4. The van der Waals surface area contributed by atoms with E-state index in [1.807, 2.05) is 37.3 Å². The molecule has 0 radical (unpaired) electrons. The Morgan fingerprint density at radius 1 is 1.36 bits per heavy atom. The normalized spacial score (nSPS) is 17.8. The number of hydrogen-bond acceptors (Lipinski definition) is 5. The minimum Gasteiger partial charge on any atom is -0.463 e. The fraction of sp³-hybridized carbons (Fsp3) is 0.294. The van der Waals surface area contributed by atoms with Gasteiger partial charge in [0.25, 0.3) is 0 Å². The lowest BCUT2D eigenvalue weighted by Crippen LogP contribution is -2.26. The van der Waals surface area contributed by atoms with E-state index in [2.05, 4.69) is 6.07 Å². The number of carbonyl (C=O) groups excluding carboxylic acids is 1. The van der Waals surface area contributed by atoms with E-state index in [0.29, 0.717) is 17.8 Å². The van der Waals surface area contributed by atoms with Gasteiger partial charge in [0.15, 0.2) is 0 Å². The van der Waals surface area contributed by atoms with E-state index in [1.165, 1.54) is 0 Å². The van der Waals surface area contributed by atoms with E-state index in [1.54, 1.807) is 6.92 Å². The van der Waals surface area contributed by atoms with Crippen LogP contribution in [0.3, 0.4) is 0 Å². The molecule has 5 heteroatoms. The molecule has 0 unspecified atom stereocenters. The molecule has 114 valence electrons. The predicted octanol–water partition coefficient (Wildman–Crippen LogP) is 2.72. The highest BCUT2D eigenvalue weighted by Gasteiger charge is 2.36. The third-order valence-electron chi connectivity index (χ3n) is 3.45. The molecule has 0 saturated heterocycles. The number of nitrogens with two attached hydrogens (primary N) is 1. The average Bonchev–Trinajstić information content (AvgIpc) is 2.54. The molecule has 1 aliphatic heterocycles. The molecule has 0 bridgehead atoms. The quantitative estimate of drug-likeness (QED) is 0.864. The monoisotopic (exact) mass is 298 g/mol. The Kier molecular flexibility index (Phi) is 4.84. The maximum atomic E-state index is 12.4. The van der Waals surface area contributed by atoms with Crippen molar-refractivity contribution < 1.29 is 14.3 Å². The maximum absolute atomic E-state index is 12.4. The van der Waals surface area contributed by atoms with E-state index in [-0.39, 0.29) is 18.1 Å². The highest BCUT2D eigenvalue weighted by atomic mass is 16.5. The van der Waals surface area contributed by atoms with Gasteiger partial charge in [-0.2, -0.15) is 5.26 Å². The van der Waals surface area contributed by atoms with Crippen LogP contribution in [-0.2, 0) is 14.3 Å². The summed E-state index contributed by atoms with van der Waals surface area (Å²) in [5.41, 5.74) is 7.25. The molecule has 1 aliphatic rings. The second-order valence-electron chi connectivity index (χ2n) is 4.75. The van der Waals surface area contributed by atoms with Crippen molar-refractivity contribution in [3.8, 4) is 6.07 Å². The van der Waals surface area contributed by atoms with E-state index in [0.717, 1.165) is 5.56 Å². The predicted molar refractivity (Wildman–Crippen MR) is 81.0 cm³/mol. The van der Waals surface area contributed by atoms with Crippen molar-refractivity contribution in [2.75, 3.05) is 6.61 Å². The van der Waals surface area contributed by atoms with Crippen molar-refractivity contribution in [1.82, 2.24) is 0 Å². The Morgan fingerprint density at radius 2 is 2.05 bits per heavy atom. The molecule has 1 aromatic carbocycles. The molecule has 2 N–H and O–H groups in total. The van der Waals surface area contributed by atoms with Crippen molar-refractivity contribution in [2.45, 2.75) is 26.2 Å². The molecule has 0 fully saturated rings. The van der Waals surface area contributed by atoms with Gasteiger partial charge in [0.05, 0.1) is 18.1 Å².